The summed E-state index contributed by atoms with van der Waals surface area (Å²) in [6, 6.07) is 8.73. The lowest BCUT2D eigenvalue weighted by Gasteiger charge is -2.16. The van der Waals surface area contributed by atoms with Crippen LogP contribution in [0.25, 0.3) is 0 Å². The van der Waals surface area contributed by atoms with Crippen LogP contribution in [0.2, 0.25) is 5.02 Å². The van der Waals surface area contributed by atoms with Crippen LogP contribution in [-0.2, 0) is 13.2 Å². The molecule has 25 heavy (non-hydrogen) atoms. The van der Waals surface area contributed by atoms with E-state index in [0.717, 1.165) is 10.0 Å². The van der Waals surface area contributed by atoms with Gasteiger partial charge in [-0.3, -0.25) is 0 Å². The van der Waals surface area contributed by atoms with Gasteiger partial charge in [-0.2, -0.15) is 0 Å². The Bertz CT molecular complexity index is 705. The summed E-state index contributed by atoms with van der Waals surface area (Å²) in [6.07, 6.45) is 0. The lowest BCUT2D eigenvalue weighted by Crippen LogP contribution is -2.22. The molecule has 0 aromatic heterocycles. The van der Waals surface area contributed by atoms with E-state index in [2.05, 4.69) is 35.1 Å². The molecule has 0 heterocycles. The van der Waals surface area contributed by atoms with E-state index in [1.165, 1.54) is 6.07 Å². The molecule has 0 saturated carbocycles. The van der Waals surface area contributed by atoms with Crippen molar-refractivity contribution >= 4 is 27.5 Å². The molecule has 2 aromatic carbocycles. The number of ether oxygens (including phenoxy) is 2. The van der Waals surface area contributed by atoms with E-state index in [-0.39, 0.29) is 12.4 Å². The van der Waals surface area contributed by atoms with E-state index in [1.54, 1.807) is 12.1 Å². The van der Waals surface area contributed by atoms with E-state index in [9.17, 15) is 4.39 Å². The molecular formula is C19H22BrClFNO2. The molecule has 3 nitrogen and oxygen atoms in total. The van der Waals surface area contributed by atoms with Crippen LogP contribution in [-0.4, -0.2) is 12.6 Å². The Morgan fingerprint density at radius 2 is 1.92 bits per heavy atom. The maximum absolute atomic E-state index is 13.9. The van der Waals surface area contributed by atoms with Crippen molar-refractivity contribution in [2.75, 3.05) is 6.61 Å². The topological polar surface area (TPSA) is 30.5 Å². The van der Waals surface area contributed by atoms with Crippen molar-refractivity contribution in [2.24, 2.45) is 0 Å². The van der Waals surface area contributed by atoms with Crippen molar-refractivity contribution in [3.05, 3.63) is 56.8 Å². The Morgan fingerprint density at radius 1 is 1.20 bits per heavy atom. The zero-order chi connectivity index (χ0) is 18.4. The van der Waals surface area contributed by atoms with Crippen LogP contribution in [0.5, 0.6) is 11.5 Å². The summed E-state index contributed by atoms with van der Waals surface area (Å²) in [4.78, 5) is 0. The third kappa shape index (κ3) is 5.59. The second kappa shape index (κ2) is 9.41. The number of hydrogen-bond acceptors (Lipinski definition) is 3. The van der Waals surface area contributed by atoms with Crippen molar-refractivity contribution in [3.8, 4) is 11.5 Å². The minimum atomic E-state index is -0.387. The summed E-state index contributed by atoms with van der Waals surface area (Å²) in [5.74, 6) is 0.780. The number of rotatable bonds is 8. The fourth-order valence-corrected chi connectivity index (χ4v) is 2.91. The summed E-state index contributed by atoms with van der Waals surface area (Å²) in [5, 5.41) is 3.71. The van der Waals surface area contributed by atoms with Crippen LogP contribution in [0, 0.1) is 5.82 Å². The highest BCUT2D eigenvalue weighted by Gasteiger charge is 2.14. The van der Waals surface area contributed by atoms with Gasteiger partial charge in [0.2, 0.25) is 0 Å². The number of benzene rings is 2. The molecular weight excluding hydrogens is 409 g/mol. The van der Waals surface area contributed by atoms with Gasteiger partial charge >= 0.3 is 0 Å². The van der Waals surface area contributed by atoms with Crippen LogP contribution in [0.15, 0.2) is 34.8 Å². The minimum absolute atomic E-state index is 0.0294. The highest BCUT2D eigenvalue weighted by molar-refractivity contribution is 9.10. The highest BCUT2D eigenvalue weighted by Crippen LogP contribution is 2.35. The van der Waals surface area contributed by atoms with Gasteiger partial charge in [-0.1, -0.05) is 47.4 Å². The quantitative estimate of drug-likeness (QED) is 0.581. The fourth-order valence-electron chi connectivity index (χ4n) is 2.23. The molecule has 0 saturated heterocycles. The molecule has 0 aliphatic heterocycles. The molecule has 6 heteroatoms. The molecule has 0 bridgehead atoms. The summed E-state index contributed by atoms with van der Waals surface area (Å²) in [5.41, 5.74) is 1.39. The molecule has 0 radical (unpaired) electrons. The predicted octanol–water partition coefficient (Wildman–Crippen LogP) is 5.72. The smallest absolute Gasteiger partial charge is 0.162 e. The van der Waals surface area contributed by atoms with Gasteiger partial charge in [0.1, 0.15) is 12.4 Å². The van der Waals surface area contributed by atoms with Crippen LogP contribution >= 0.6 is 27.5 Å². The van der Waals surface area contributed by atoms with Crippen molar-refractivity contribution in [1.82, 2.24) is 5.32 Å². The Kier molecular flexibility index (Phi) is 7.54. The Hall–Kier alpha value is -1.30. The van der Waals surface area contributed by atoms with Crippen LogP contribution in [0.3, 0.4) is 0 Å². The fraction of sp³-hybridized carbons (Fsp3) is 0.368. The lowest BCUT2D eigenvalue weighted by atomic mass is 10.2. The maximum atomic E-state index is 13.9. The first kappa shape index (κ1) is 20.0. The molecule has 1 N–H and O–H groups in total. The average molecular weight is 431 g/mol. The Morgan fingerprint density at radius 3 is 2.56 bits per heavy atom. The van der Waals surface area contributed by atoms with Gasteiger partial charge in [0.15, 0.2) is 11.5 Å². The standard InChI is InChI=1S/C19H22BrClFNO2/c1-4-24-18-8-13(10-23-12(2)3)15(20)9-19(18)25-11-14-16(21)6-5-7-17(14)22/h5-9,12,23H,4,10-11H2,1-3H3. The van der Waals surface area contributed by atoms with Crippen LogP contribution < -0.4 is 14.8 Å². The van der Waals surface area contributed by atoms with E-state index in [4.69, 9.17) is 21.1 Å². The molecule has 2 aromatic rings. The summed E-state index contributed by atoms with van der Waals surface area (Å²) < 4.78 is 26.3. The van der Waals surface area contributed by atoms with E-state index in [0.29, 0.717) is 41.3 Å². The number of halogens is 3. The van der Waals surface area contributed by atoms with E-state index in [1.807, 2.05) is 19.1 Å². The molecule has 0 fully saturated rings. The molecule has 0 spiro atoms. The zero-order valence-electron chi connectivity index (χ0n) is 14.5. The third-order valence-corrected chi connectivity index (χ3v) is 4.64. The van der Waals surface area contributed by atoms with Gasteiger partial charge in [-0.25, -0.2) is 4.39 Å². The molecule has 136 valence electrons. The summed E-state index contributed by atoms with van der Waals surface area (Å²) in [6.45, 7) is 7.33. The minimum Gasteiger partial charge on any atom is -0.490 e. The lowest BCUT2D eigenvalue weighted by molar-refractivity contribution is 0.265. The summed E-state index contributed by atoms with van der Waals surface area (Å²) in [7, 11) is 0. The molecule has 0 amide bonds. The normalized spacial score (nSPS) is 11.0. The average Bonchev–Trinajstić information content (AvgIpc) is 2.55. The van der Waals surface area contributed by atoms with Crippen molar-refractivity contribution < 1.29 is 13.9 Å². The van der Waals surface area contributed by atoms with Crippen molar-refractivity contribution in [1.29, 1.82) is 0 Å². The predicted molar refractivity (Wildman–Crippen MR) is 103 cm³/mol. The van der Waals surface area contributed by atoms with Crippen molar-refractivity contribution in [2.45, 2.75) is 40.0 Å². The number of nitrogens with one attached hydrogen (secondary N) is 1. The highest BCUT2D eigenvalue weighted by atomic mass is 79.9. The monoisotopic (exact) mass is 429 g/mol. The van der Waals surface area contributed by atoms with Gasteiger partial charge < -0.3 is 14.8 Å². The molecule has 0 aliphatic rings. The second-order valence-corrected chi connectivity index (χ2v) is 7.11. The van der Waals surface area contributed by atoms with Crippen LogP contribution in [0.1, 0.15) is 31.9 Å². The first-order valence-electron chi connectivity index (χ1n) is 8.16. The first-order valence-corrected chi connectivity index (χ1v) is 9.33. The molecule has 0 atom stereocenters. The second-order valence-electron chi connectivity index (χ2n) is 5.85. The number of hydrogen-bond donors (Lipinski definition) is 1. The molecule has 0 aliphatic carbocycles. The zero-order valence-corrected chi connectivity index (χ0v) is 16.9. The van der Waals surface area contributed by atoms with Gasteiger partial charge in [-0.15, -0.1) is 0 Å². The van der Waals surface area contributed by atoms with E-state index >= 15 is 0 Å². The van der Waals surface area contributed by atoms with Crippen molar-refractivity contribution in [3.63, 3.8) is 0 Å². The Labute approximate surface area is 161 Å². The third-order valence-electron chi connectivity index (χ3n) is 3.55. The molecule has 0 unspecified atom stereocenters. The first-order chi connectivity index (χ1) is 11.9. The van der Waals surface area contributed by atoms with Gasteiger partial charge in [-0.05, 0) is 36.8 Å². The Balaban J connectivity index is 2.22. The van der Waals surface area contributed by atoms with Crippen LogP contribution in [0.4, 0.5) is 4.39 Å². The van der Waals surface area contributed by atoms with Gasteiger partial charge in [0.05, 0.1) is 11.6 Å². The molecule has 2 rings (SSSR count). The SMILES string of the molecule is CCOc1cc(CNC(C)C)c(Br)cc1OCc1c(F)cccc1Cl. The largest absolute Gasteiger partial charge is 0.490 e. The van der Waals surface area contributed by atoms with Gasteiger partial charge in [0.25, 0.3) is 0 Å². The maximum Gasteiger partial charge on any atom is 0.162 e. The van der Waals surface area contributed by atoms with Gasteiger partial charge in [0, 0.05) is 22.6 Å². The summed E-state index contributed by atoms with van der Waals surface area (Å²) >= 11 is 9.62. The van der Waals surface area contributed by atoms with E-state index < -0.39 is 0 Å².